The van der Waals surface area contributed by atoms with Crippen molar-refractivity contribution in [3.05, 3.63) is 47.8 Å². The first-order valence-electron chi connectivity index (χ1n) is 6.27. The number of pyridine rings is 1. The zero-order valence-electron chi connectivity index (χ0n) is 11.3. The predicted molar refractivity (Wildman–Crippen MR) is 76.9 cm³/mol. The first kappa shape index (κ1) is 12.3. The second-order valence-electron chi connectivity index (χ2n) is 4.65. The third-order valence-corrected chi connectivity index (χ3v) is 3.22. The molecule has 3 rings (SSSR count). The molecule has 0 aliphatic carbocycles. The Labute approximate surface area is 116 Å². The topological polar surface area (TPSA) is 77.8 Å². The van der Waals surface area contributed by atoms with E-state index in [0.717, 1.165) is 22.3 Å². The minimum absolute atomic E-state index is 0.429. The highest BCUT2D eigenvalue weighted by molar-refractivity contribution is 5.74. The molecule has 1 aromatic carbocycles. The van der Waals surface area contributed by atoms with Crippen molar-refractivity contribution >= 4 is 5.69 Å². The van der Waals surface area contributed by atoms with E-state index in [9.17, 15) is 0 Å². The van der Waals surface area contributed by atoms with E-state index in [0.29, 0.717) is 17.4 Å². The molecule has 0 aliphatic heterocycles. The van der Waals surface area contributed by atoms with Crippen molar-refractivity contribution in [2.75, 3.05) is 5.73 Å². The molecule has 2 heterocycles. The normalized spacial score (nSPS) is 10.7. The number of nitrogens with two attached hydrogens (primary N) is 1. The van der Waals surface area contributed by atoms with E-state index in [1.165, 1.54) is 0 Å². The van der Waals surface area contributed by atoms with Gasteiger partial charge in [0.1, 0.15) is 0 Å². The van der Waals surface area contributed by atoms with Gasteiger partial charge in [0.25, 0.3) is 5.89 Å². The lowest BCUT2D eigenvalue weighted by Gasteiger charge is -2.03. The van der Waals surface area contributed by atoms with Crippen molar-refractivity contribution in [1.29, 1.82) is 0 Å². The maximum Gasteiger partial charge on any atom is 0.260 e. The van der Waals surface area contributed by atoms with E-state index in [4.69, 9.17) is 10.3 Å². The fourth-order valence-electron chi connectivity index (χ4n) is 2.12. The quantitative estimate of drug-likeness (QED) is 0.721. The third-order valence-electron chi connectivity index (χ3n) is 3.22. The van der Waals surface area contributed by atoms with Crippen molar-refractivity contribution in [2.24, 2.45) is 0 Å². The van der Waals surface area contributed by atoms with Gasteiger partial charge in [-0.1, -0.05) is 17.3 Å². The van der Waals surface area contributed by atoms with Gasteiger partial charge in [-0.25, -0.2) is 0 Å². The molecule has 5 heteroatoms. The predicted octanol–water partition coefficient (Wildman–Crippen LogP) is 3.00. The number of nitrogens with zero attached hydrogens (tertiary/aromatic N) is 3. The van der Waals surface area contributed by atoms with Gasteiger partial charge in [-0.05, 0) is 37.1 Å². The van der Waals surface area contributed by atoms with Gasteiger partial charge in [0.05, 0.1) is 5.56 Å². The monoisotopic (exact) mass is 266 g/mol. The number of nitrogen functional groups attached to an aromatic ring is 1. The first-order valence-corrected chi connectivity index (χ1v) is 6.27. The minimum Gasteiger partial charge on any atom is -0.398 e. The van der Waals surface area contributed by atoms with Crippen molar-refractivity contribution < 1.29 is 4.52 Å². The molecule has 2 N–H and O–H groups in total. The lowest BCUT2D eigenvalue weighted by atomic mass is 10.1. The van der Waals surface area contributed by atoms with E-state index in [1.807, 2.05) is 38.1 Å². The summed E-state index contributed by atoms with van der Waals surface area (Å²) in [6.45, 7) is 3.94. The number of aromatic nitrogens is 3. The molecule has 0 amide bonds. The third kappa shape index (κ3) is 2.03. The smallest absolute Gasteiger partial charge is 0.260 e. The number of anilines is 1. The van der Waals surface area contributed by atoms with Gasteiger partial charge >= 0.3 is 0 Å². The van der Waals surface area contributed by atoms with Crippen LogP contribution < -0.4 is 5.73 Å². The van der Waals surface area contributed by atoms with Crippen molar-refractivity contribution in [1.82, 2.24) is 15.1 Å². The summed E-state index contributed by atoms with van der Waals surface area (Å²) in [5.74, 6) is 0.951. The second-order valence-corrected chi connectivity index (χ2v) is 4.65. The van der Waals surface area contributed by atoms with Crippen LogP contribution in [0.25, 0.3) is 22.8 Å². The van der Waals surface area contributed by atoms with Gasteiger partial charge < -0.3 is 10.3 Å². The molecule has 0 unspecified atom stereocenters. The lowest BCUT2D eigenvalue weighted by molar-refractivity contribution is 0.432. The molecule has 3 aromatic rings. The van der Waals surface area contributed by atoms with Crippen LogP contribution in [0.3, 0.4) is 0 Å². The molecule has 0 bridgehead atoms. The molecule has 20 heavy (non-hydrogen) atoms. The maximum absolute atomic E-state index is 5.99. The average Bonchev–Trinajstić information content (AvgIpc) is 2.88. The fourth-order valence-corrected chi connectivity index (χ4v) is 2.12. The molecule has 0 fully saturated rings. The number of hydrogen-bond acceptors (Lipinski definition) is 5. The molecule has 0 spiro atoms. The summed E-state index contributed by atoms with van der Waals surface area (Å²) in [5, 5.41) is 4.02. The van der Waals surface area contributed by atoms with Gasteiger partial charge in [-0.3, -0.25) is 4.98 Å². The molecule has 2 aromatic heterocycles. The Hall–Kier alpha value is -2.69. The molecule has 100 valence electrons. The second kappa shape index (κ2) is 4.77. The Balaban J connectivity index is 2.10. The molecule has 0 radical (unpaired) electrons. The molecule has 0 atom stereocenters. The van der Waals surface area contributed by atoms with Gasteiger partial charge in [0.2, 0.25) is 5.82 Å². The van der Waals surface area contributed by atoms with E-state index in [2.05, 4.69) is 15.1 Å². The molecule has 0 aliphatic rings. The Bertz CT molecular complexity index is 744. The van der Waals surface area contributed by atoms with Gasteiger partial charge in [0, 0.05) is 23.6 Å². The SMILES string of the molecule is Cc1ccncc1-c1noc(-c2c(C)cccc2N)n1. The molecule has 5 nitrogen and oxygen atoms in total. The van der Waals surface area contributed by atoms with Crippen LogP contribution >= 0.6 is 0 Å². The molecular formula is C15H14N4O. The summed E-state index contributed by atoms with van der Waals surface area (Å²) in [6, 6.07) is 7.59. The fraction of sp³-hybridized carbons (Fsp3) is 0.133. The Morgan fingerprint density at radius 3 is 2.70 bits per heavy atom. The standard InChI is InChI=1S/C15H14N4O/c1-9-6-7-17-8-11(9)14-18-15(20-19-14)13-10(2)4-3-5-12(13)16/h3-8H,16H2,1-2H3. The van der Waals surface area contributed by atoms with Crippen LogP contribution in [0.2, 0.25) is 0 Å². The van der Waals surface area contributed by atoms with Crippen LogP contribution in [0.15, 0.2) is 41.2 Å². The van der Waals surface area contributed by atoms with E-state index >= 15 is 0 Å². The minimum atomic E-state index is 0.429. The molecule has 0 saturated carbocycles. The summed E-state index contributed by atoms with van der Waals surface area (Å²) in [7, 11) is 0. The highest BCUT2D eigenvalue weighted by Crippen LogP contribution is 2.30. The zero-order valence-corrected chi connectivity index (χ0v) is 11.3. The Morgan fingerprint density at radius 2 is 1.95 bits per heavy atom. The van der Waals surface area contributed by atoms with Crippen LogP contribution in [0, 0.1) is 13.8 Å². The largest absolute Gasteiger partial charge is 0.398 e. The van der Waals surface area contributed by atoms with Crippen LogP contribution in [0.5, 0.6) is 0 Å². The van der Waals surface area contributed by atoms with Crippen LogP contribution in [-0.4, -0.2) is 15.1 Å². The van der Waals surface area contributed by atoms with E-state index in [-0.39, 0.29) is 0 Å². The summed E-state index contributed by atoms with van der Waals surface area (Å²) in [5.41, 5.74) is 10.3. The Kier molecular flexibility index (Phi) is 2.95. The Morgan fingerprint density at radius 1 is 1.10 bits per heavy atom. The average molecular weight is 266 g/mol. The van der Waals surface area contributed by atoms with Gasteiger partial charge in [-0.2, -0.15) is 4.98 Å². The number of aryl methyl sites for hydroxylation is 2. The first-order chi connectivity index (χ1) is 9.66. The van der Waals surface area contributed by atoms with Crippen LogP contribution in [-0.2, 0) is 0 Å². The van der Waals surface area contributed by atoms with Crippen molar-refractivity contribution in [3.8, 4) is 22.8 Å². The van der Waals surface area contributed by atoms with Crippen LogP contribution in [0.4, 0.5) is 5.69 Å². The molecule has 0 saturated heterocycles. The summed E-state index contributed by atoms with van der Waals surface area (Å²) in [4.78, 5) is 8.53. The highest BCUT2D eigenvalue weighted by atomic mass is 16.5. The molecular weight excluding hydrogens is 252 g/mol. The number of rotatable bonds is 2. The van der Waals surface area contributed by atoms with Crippen molar-refractivity contribution in [3.63, 3.8) is 0 Å². The van der Waals surface area contributed by atoms with Gasteiger partial charge in [0.15, 0.2) is 0 Å². The maximum atomic E-state index is 5.99. The highest BCUT2D eigenvalue weighted by Gasteiger charge is 2.16. The van der Waals surface area contributed by atoms with E-state index < -0.39 is 0 Å². The summed E-state index contributed by atoms with van der Waals surface area (Å²) in [6.07, 6.45) is 3.46. The summed E-state index contributed by atoms with van der Waals surface area (Å²) >= 11 is 0. The van der Waals surface area contributed by atoms with Crippen molar-refractivity contribution in [2.45, 2.75) is 13.8 Å². The van der Waals surface area contributed by atoms with E-state index in [1.54, 1.807) is 12.4 Å². The number of hydrogen-bond donors (Lipinski definition) is 1. The number of benzene rings is 1. The lowest BCUT2D eigenvalue weighted by Crippen LogP contribution is -1.93. The van der Waals surface area contributed by atoms with Gasteiger partial charge in [-0.15, -0.1) is 0 Å². The zero-order chi connectivity index (χ0) is 14.1. The summed E-state index contributed by atoms with van der Waals surface area (Å²) < 4.78 is 5.35. The van der Waals surface area contributed by atoms with Crippen LogP contribution in [0.1, 0.15) is 11.1 Å².